The molecule has 1 aliphatic carbocycles. The minimum absolute atomic E-state index is 0.490. The van der Waals surface area contributed by atoms with E-state index < -0.39 is 0 Å². The summed E-state index contributed by atoms with van der Waals surface area (Å²) >= 11 is 0. The van der Waals surface area contributed by atoms with E-state index in [1.54, 1.807) is 5.56 Å². The van der Waals surface area contributed by atoms with Gasteiger partial charge in [-0.05, 0) is 55.7 Å². The monoisotopic (exact) mass is 257 g/mol. The molecule has 0 N–H and O–H groups in total. The lowest BCUT2D eigenvalue weighted by Crippen LogP contribution is -2.41. The second kappa shape index (κ2) is 5.66. The molecule has 1 saturated heterocycles. The Labute approximate surface area is 118 Å². The number of benzene rings is 1. The lowest BCUT2D eigenvalue weighted by atomic mass is 9.61. The Hall–Kier alpha value is -0.820. The summed E-state index contributed by atoms with van der Waals surface area (Å²) in [7, 11) is 0. The van der Waals surface area contributed by atoms with E-state index in [1.807, 2.05) is 0 Å². The first-order valence-electron chi connectivity index (χ1n) is 8.13. The van der Waals surface area contributed by atoms with Crippen LogP contribution in [-0.2, 0) is 5.41 Å². The highest BCUT2D eigenvalue weighted by Crippen LogP contribution is 2.48. The van der Waals surface area contributed by atoms with Gasteiger partial charge in [-0.2, -0.15) is 0 Å². The maximum atomic E-state index is 2.68. The zero-order chi connectivity index (χ0) is 13.1. The van der Waals surface area contributed by atoms with E-state index in [-0.39, 0.29) is 0 Å². The third-order valence-electron chi connectivity index (χ3n) is 5.58. The van der Waals surface area contributed by atoms with Gasteiger partial charge in [0.05, 0.1) is 0 Å². The van der Waals surface area contributed by atoms with Gasteiger partial charge in [0, 0.05) is 6.54 Å². The summed E-state index contributed by atoms with van der Waals surface area (Å²) < 4.78 is 0. The molecule has 1 aliphatic heterocycles. The summed E-state index contributed by atoms with van der Waals surface area (Å²) in [5.41, 5.74) is 2.11. The molecule has 2 atom stereocenters. The van der Waals surface area contributed by atoms with Crippen molar-refractivity contribution in [1.82, 2.24) is 4.90 Å². The third kappa shape index (κ3) is 2.45. The minimum Gasteiger partial charge on any atom is -0.303 e. The van der Waals surface area contributed by atoms with Crippen molar-refractivity contribution < 1.29 is 0 Å². The van der Waals surface area contributed by atoms with Gasteiger partial charge < -0.3 is 4.90 Å². The first-order valence-corrected chi connectivity index (χ1v) is 8.13. The molecule has 1 aromatic rings. The normalized spacial score (nSPS) is 32.6. The summed E-state index contributed by atoms with van der Waals surface area (Å²) in [5, 5.41) is 0. The molecule has 1 saturated carbocycles. The van der Waals surface area contributed by atoms with E-state index in [0.717, 1.165) is 5.92 Å². The predicted molar refractivity (Wildman–Crippen MR) is 81.4 cm³/mol. The Bertz CT molecular complexity index is 399. The van der Waals surface area contributed by atoms with Gasteiger partial charge in [0.15, 0.2) is 0 Å². The van der Waals surface area contributed by atoms with E-state index >= 15 is 0 Å². The van der Waals surface area contributed by atoms with Crippen LogP contribution in [0.4, 0.5) is 0 Å². The van der Waals surface area contributed by atoms with E-state index in [4.69, 9.17) is 0 Å². The van der Waals surface area contributed by atoms with Crippen LogP contribution in [0.2, 0.25) is 0 Å². The predicted octanol–water partition coefficient (Wildman–Crippen LogP) is 4.23. The molecule has 19 heavy (non-hydrogen) atoms. The van der Waals surface area contributed by atoms with Crippen molar-refractivity contribution in [2.24, 2.45) is 5.92 Å². The quantitative estimate of drug-likeness (QED) is 0.766. The number of nitrogens with zero attached hydrogens (tertiary/aromatic N) is 1. The van der Waals surface area contributed by atoms with Gasteiger partial charge in [-0.1, -0.05) is 50.1 Å². The summed E-state index contributed by atoms with van der Waals surface area (Å²) in [6.07, 6.45) is 8.50. The van der Waals surface area contributed by atoms with Crippen LogP contribution in [0, 0.1) is 5.92 Å². The summed E-state index contributed by atoms with van der Waals surface area (Å²) in [5.74, 6) is 0.881. The Balaban J connectivity index is 1.94. The molecule has 0 spiro atoms. The maximum absolute atomic E-state index is 2.68. The Morgan fingerprint density at radius 3 is 2.68 bits per heavy atom. The number of hydrogen-bond donors (Lipinski definition) is 0. The van der Waals surface area contributed by atoms with Crippen LogP contribution in [0.5, 0.6) is 0 Å². The van der Waals surface area contributed by atoms with Crippen LogP contribution in [0.15, 0.2) is 30.3 Å². The van der Waals surface area contributed by atoms with Gasteiger partial charge in [-0.25, -0.2) is 0 Å². The molecule has 1 heteroatoms. The molecular formula is C18H27N. The van der Waals surface area contributed by atoms with Crippen molar-refractivity contribution >= 4 is 0 Å². The minimum atomic E-state index is 0.490. The average Bonchev–Trinajstić information content (AvgIpc) is 2.68. The molecule has 1 nitrogen and oxygen atoms in total. The summed E-state index contributed by atoms with van der Waals surface area (Å²) in [6, 6.07) is 11.4. The van der Waals surface area contributed by atoms with Crippen LogP contribution in [-0.4, -0.2) is 24.5 Å². The van der Waals surface area contributed by atoms with Gasteiger partial charge in [-0.15, -0.1) is 0 Å². The third-order valence-corrected chi connectivity index (χ3v) is 5.58. The van der Waals surface area contributed by atoms with Crippen LogP contribution < -0.4 is 0 Å². The fourth-order valence-electron chi connectivity index (χ4n) is 4.51. The standard InChI is InChI=1S/C18H27N/c1-2-19-14-8-13-18(16-9-4-3-5-10-16)12-7-6-11-17(18)15-19/h3-5,9-10,17H,2,6-8,11-15H2,1H3. The van der Waals surface area contributed by atoms with Crippen molar-refractivity contribution in [2.45, 2.75) is 50.9 Å². The van der Waals surface area contributed by atoms with Crippen LogP contribution >= 0.6 is 0 Å². The van der Waals surface area contributed by atoms with Crippen molar-refractivity contribution in [1.29, 1.82) is 0 Å². The second-order valence-corrected chi connectivity index (χ2v) is 6.46. The van der Waals surface area contributed by atoms with Crippen LogP contribution in [0.3, 0.4) is 0 Å². The van der Waals surface area contributed by atoms with E-state index in [0.29, 0.717) is 5.41 Å². The topological polar surface area (TPSA) is 3.24 Å². The Kier molecular flexibility index (Phi) is 3.93. The van der Waals surface area contributed by atoms with Crippen molar-refractivity contribution in [3.05, 3.63) is 35.9 Å². The zero-order valence-corrected chi connectivity index (χ0v) is 12.3. The molecule has 0 amide bonds. The maximum Gasteiger partial charge on any atom is 0.00181 e. The smallest absolute Gasteiger partial charge is 0.00181 e. The highest BCUT2D eigenvalue weighted by Gasteiger charge is 2.43. The number of fused-ring (bicyclic) bond motifs is 1. The molecule has 2 fully saturated rings. The Morgan fingerprint density at radius 1 is 1.11 bits per heavy atom. The van der Waals surface area contributed by atoms with Crippen LogP contribution in [0.1, 0.15) is 51.0 Å². The molecule has 0 radical (unpaired) electrons. The zero-order valence-electron chi connectivity index (χ0n) is 12.3. The van der Waals surface area contributed by atoms with Gasteiger partial charge in [0.2, 0.25) is 0 Å². The Morgan fingerprint density at radius 2 is 1.89 bits per heavy atom. The molecule has 2 unspecified atom stereocenters. The largest absolute Gasteiger partial charge is 0.303 e. The molecule has 0 bridgehead atoms. The highest BCUT2D eigenvalue weighted by atomic mass is 15.1. The number of hydrogen-bond acceptors (Lipinski definition) is 1. The first kappa shape index (κ1) is 13.2. The molecule has 1 heterocycles. The van der Waals surface area contributed by atoms with Crippen LogP contribution in [0.25, 0.3) is 0 Å². The molecule has 104 valence electrons. The van der Waals surface area contributed by atoms with E-state index in [2.05, 4.69) is 42.2 Å². The SMILES string of the molecule is CCN1CCCC2(c3ccccc3)CCCCC2C1. The van der Waals surface area contributed by atoms with E-state index in [9.17, 15) is 0 Å². The summed E-state index contributed by atoms with van der Waals surface area (Å²) in [4.78, 5) is 2.68. The average molecular weight is 257 g/mol. The molecule has 1 aromatic carbocycles. The van der Waals surface area contributed by atoms with E-state index in [1.165, 1.54) is 58.2 Å². The summed E-state index contributed by atoms with van der Waals surface area (Å²) in [6.45, 7) is 6.17. The molecule has 2 aliphatic rings. The van der Waals surface area contributed by atoms with Gasteiger partial charge in [0.25, 0.3) is 0 Å². The van der Waals surface area contributed by atoms with Crippen molar-refractivity contribution in [3.63, 3.8) is 0 Å². The lowest BCUT2D eigenvalue weighted by molar-refractivity contribution is 0.149. The molecule has 0 aromatic heterocycles. The van der Waals surface area contributed by atoms with Gasteiger partial charge >= 0.3 is 0 Å². The van der Waals surface area contributed by atoms with Crippen molar-refractivity contribution in [3.8, 4) is 0 Å². The number of rotatable bonds is 2. The first-order chi connectivity index (χ1) is 9.35. The van der Waals surface area contributed by atoms with Gasteiger partial charge in [-0.3, -0.25) is 0 Å². The molecular weight excluding hydrogens is 230 g/mol. The molecule has 3 rings (SSSR count). The van der Waals surface area contributed by atoms with Crippen molar-refractivity contribution in [2.75, 3.05) is 19.6 Å². The fraction of sp³-hybridized carbons (Fsp3) is 0.667. The van der Waals surface area contributed by atoms with Gasteiger partial charge in [0.1, 0.15) is 0 Å². The lowest BCUT2D eigenvalue weighted by Gasteiger charge is -2.44. The number of likely N-dealkylation sites (tertiary alicyclic amines) is 1. The highest BCUT2D eigenvalue weighted by molar-refractivity contribution is 5.28. The fourth-order valence-corrected chi connectivity index (χ4v) is 4.51. The second-order valence-electron chi connectivity index (χ2n) is 6.46.